The van der Waals surface area contributed by atoms with Gasteiger partial charge in [0.1, 0.15) is 17.6 Å². The van der Waals surface area contributed by atoms with Crippen LogP contribution in [0.5, 0.6) is 0 Å². The molecule has 1 fully saturated rings. The van der Waals surface area contributed by atoms with Gasteiger partial charge in [-0.15, -0.1) is 11.8 Å². The number of fused-ring (bicyclic) bond motifs is 1. The highest BCUT2D eigenvalue weighted by molar-refractivity contribution is 8.00. The van der Waals surface area contributed by atoms with E-state index in [9.17, 15) is 9.59 Å². The van der Waals surface area contributed by atoms with Crippen molar-refractivity contribution in [3.8, 4) is 0 Å². The molecule has 14 heavy (non-hydrogen) atoms. The molecule has 0 radical (unpaired) electrons. The average molecular weight is 234 g/mol. The smallest absolute Gasteiger partial charge is 0.342 e. The second-order valence-electron chi connectivity index (χ2n) is 3.17. The van der Waals surface area contributed by atoms with Gasteiger partial charge in [0.15, 0.2) is 0 Å². The van der Waals surface area contributed by atoms with E-state index < -0.39 is 5.97 Å². The molecule has 2 aliphatic rings. The lowest BCUT2D eigenvalue weighted by Gasteiger charge is -2.47. The van der Waals surface area contributed by atoms with E-state index in [-0.39, 0.29) is 22.9 Å². The van der Waals surface area contributed by atoms with Gasteiger partial charge in [-0.2, -0.15) is 0 Å². The zero-order valence-corrected chi connectivity index (χ0v) is 8.97. The molecule has 2 heterocycles. The second-order valence-corrected chi connectivity index (χ2v) is 4.48. The number of hydrogen-bond acceptors (Lipinski definition) is 4. The minimum Gasteiger partial charge on any atom is -0.342 e. The Morgan fingerprint density at radius 2 is 2.50 bits per heavy atom. The molecule has 0 N–H and O–H groups in total. The van der Waals surface area contributed by atoms with Gasteiger partial charge in [0.25, 0.3) is 0 Å². The Bertz CT molecular complexity index is 331. The van der Waals surface area contributed by atoms with Gasteiger partial charge in [-0.25, -0.2) is 4.79 Å². The Balaban J connectivity index is 2.23. The van der Waals surface area contributed by atoms with E-state index >= 15 is 0 Å². The van der Waals surface area contributed by atoms with E-state index in [1.807, 2.05) is 6.92 Å². The molecule has 2 aliphatic heterocycles. The number of rotatable bonds is 1. The Labute approximate surface area is 90.4 Å². The first-order valence-corrected chi connectivity index (χ1v) is 5.50. The van der Waals surface area contributed by atoms with Crippen molar-refractivity contribution in [1.82, 2.24) is 4.90 Å². The zero-order chi connectivity index (χ0) is 10.3. The molecule has 4 nitrogen and oxygen atoms in total. The van der Waals surface area contributed by atoms with E-state index in [2.05, 4.69) is 4.29 Å². The van der Waals surface area contributed by atoms with Crippen molar-refractivity contribution < 1.29 is 13.9 Å². The topological polar surface area (TPSA) is 46.6 Å². The monoisotopic (exact) mass is 233 g/mol. The maximum Gasteiger partial charge on any atom is 0.372 e. The van der Waals surface area contributed by atoms with Gasteiger partial charge in [0, 0.05) is 5.75 Å². The number of carbonyl (C=O) groups is 2. The number of hydrogen-bond donors (Lipinski definition) is 0. The predicted molar refractivity (Wildman–Crippen MR) is 52.3 cm³/mol. The molecule has 0 spiro atoms. The van der Waals surface area contributed by atoms with E-state index in [1.165, 1.54) is 4.90 Å². The molecule has 0 aromatic heterocycles. The molecule has 2 rings (SSSR count). The Morgan fingerprint density at radius 1 is 1.79 bits per heavy atom. The largest absolute Gasteiger partial charge is 0.372 e. The van der Waals surface area contributed by atoms with Gasteiger partial charge in [0.05, 0.1) is 11.3 Å². The second kappa shape index (κ2) is 3.47. The molecule has 1 amide bonds. The molecule has 0 aromatic carbocycles. The highest BCUT2D eigenvalue weighted by Gasteiger charge is 2.49. The first-order chi connectivity index (χ1) is 6.66. The SMILES string of the molecule is CC1C(=O)N2C(C(=O)OCl)=CCS[C@@H]12. The molecule has 76 valence electrons. The Kier molecular flexibility index (Phi) is 2.45. The summed E-state index contributed by atoms with van der Waals surface area (Å²) in [6.45, 7) is 1.85. The average Bonchev–Trinajstić information content (AvgIpc) is 2.25. The highest BCUT2D eigenvalue weighted by Crippen LogP contribution is 2.41. The van der Waals surface area contributed by atoms with Crippen LogP contribution < -0.4 is 0 Å². The molecule has 6 heteroatoms. The van der Waals surface area contributed by atoms with Crippen molar-refractivity contribution in [3.05, 3.63) is 11.8 Å². The number of thioether (sulfide) groups is 1. The minimum absolute atomic E-state index is 0.0215. The number of β-lactam (4-membered cyclic amide) rings is 1. The summed E-state index contributed by atoms with van der Waals surface area (Å²) >= 11 is 6.61. The van der Waals surface area contributed by atoms with Crippen LogP contribution in [0.25, 0.3) is 0 Å². The summed E-state index contributed by atoms with van der Waals surface area (Å²) < 4.78 is 4.09. The summed E-state index contributed by atoms with van der Waals surface area (Å²) in [5.41, 5.74) is 0.270. The van der Waals surface area contributed by atoms with Gasteiger partial charge in [-0.3, -0.25) is 9.69 Å². The normalized spacial score (nSPS) is 30.3. The molecule has 0 saturated carbocycles. The summed E-state index contributed by atoms with van der Waals surface area (Å²) in [6.07, 6.45) is 1.66. The zero-order valence-electron chi connectivity index (χ0n) is 7.40. The lowest BCUT2D eigenvalue weighted by atomic mass is 9.99. The fraction of sp³-hybridized carbons (Fsp3) is 0.500. The van der Waals surface area contributed by atoms with Gasteiger partial charge in [-0.05, 0) is 6.08 Å². The summed E-state index contributed by atoms with van der Waals surface area (Å²) in [5.74, 6) is -0.0142. The van der Waals surface area contributed by atoms with Crippen LogP contribution >= 0.6 is 23.6 Å². The third-order valence-electron chi connectivity index (χ3n) is 2.39. The molecule has 1 unspecified atom stereocenters. The third kappa shape index (κ3) is 1.23. The fourth-order valence-corrected chi connectivity index (χ4v) is 2.93. The van der Waals surface area contributed by atoms with E-state index in [1.54, 1.807) is 17.8 Å². The molecular formula is C8H8ClNO3S. The molecule has 1 saturated heterocycles. The van der Waals surface area contributed by atoms with Crippen LogP contribution in [0.1, 0.15) is 6.92 Å². The number of carbonyl (C=O) groups excluding carboxylic acids is 2. The molecule has 0 aliphatic carbocycles. The summed E-state index contributed by atoms with van der Waals surface area (Å²) in [5, 5.41) is 0.0678. The van der Waals surface area contributed by atoms with Crippen LogP contribution in [0, 0.1) is 5.92 Å². The Morgan fingerprint density at radius 3 is 3.14 bits per heavy atom. The standard InChI is InChI=1S/C8H8ClNO3S/c1-4-6(11)10-5(8(12)13-9)2-3-14-7(4)10/h2,4,7H,3H2,1H3/t4?,7-/m0/s1. The summed E-state index contributed by atoms with van der Waals surface area (Å²) in [6, 6.07) is 0. The van der Waals surface area contributed by atoms with E-state index in [0.29, 0.717) is 5.75 Å². The van der Waals surface area contributed by atoms with Crippen molar-refractivity contribution >= 4 is 35.5 Å². The van der Waals surface area contributed by atoms with E-state index in [0.717, 1.165) is 0 Å². The van der Waals surface area contributed by atoms with Crippen molar-refractivity contribution in [2.75, 3.05) is 5.75 Å². The predicted octanol–water partition coefficient (Wildman–Crippen LogP) is 1.12. The highest BCUT2D eigenvalue weighted by atomic mass is 35.5. The van der Waals surface area contributed by atoms with Crippen LogP contribution in [0.4, 0.5) is 0 Å². The molecule has 0 aromatic rings. The molecule has 2 atom stereocenters. The van der Waals surface area contributed by atoms with Gasteiger partial charge >= 0.3 is 5.97 Å². The minimum atomic E-state index is -0.655. The maximum absolute atomic E-state index is 11.4. The number of halogens is 1. The fourth-order valence-electron chi connectivity index (χ4n) is 1.63. The van der Waals surface area contributed by atoms with Gasteiger partial charge < -0.3 is 4.29 Å². The maximum atomic E-state index is 11.4. The van der Waals surface area contributed by atoms with Crippen molar-refractivity contribution in [3.63, 3.8) is 0 Å². The van der Waals surface area contributed by atoms with Crippen molar-refractivity contribution in [2.45, 2.75) is 12.3 Å². The summed E-state index contributed by atoms with van der Waals surface area (Å²) in [4.78, 5) is 24.1. The van der Waals surface area contributed by atoms with E-state index in [4.69, 9.17) is 11.9 Å². The molecule has 0 bridgehead atoms. The first kappa shape index (κ1) is 9.86. The molecular weight excluding hydrogens is 226 g/mol. The first-order valence-electron chi connectivity index (χ1n) is 4.14. The van der Waals surface area contributed by atoms with Crippen molar-refractivity contribution in [1.29, 1.82) is 0 Å². The van der Waals surface area contributed by atoms with Crippen LogP contribution in [0.15, 0.2) is 11.8 Å². The van der Waals surface area contributed by atoms with Crippen LogP contribution in [0.2, 0.25) is 0 Å². The van der Waals surface area contributed by atoms with Crippen LogP contribution in [-0.2, 0) is 13.9 Å². The lowest BCUT2D eigenvalue weighted by Crippen LogP contribution is -2.59. The quantitative estimate of drug-likeness (QED) is 0.637. The third-order valence-corrected chi connectivity index (χ3v) is 3.85. The number of amides is 1. The van der Waals surface area contributed by atoms with Gasteiger partial charge in [-0.1, -0.05) is 6.92 Å². The Hall–Kier alpha value is -0.680. The van der Waals surface area contributed by atoms with Crippen LogP contribution in [-0.4, -0.2) is 27.9 Å². The van der Waals surface area contributed by atoms with Crippen molar-refractivity contribution in [2.24, 2.45) is 5.92 Å². The van der Waals surface area contributed by atoms with Crippen LogP contribution in [0.3, 0.4) is 0 Å². The lowest BCUT2D eigenvalue weighted by molar-refractivity contribution is -0.150. The number of nitrogens with zero attached hydrogens (tertiary/aromatic N) is 1. The summed E-state index contributed by atoms with van der Waals surface area (Å²) in [7, 11) is 0. The van der Waals surface area contributed by atoms with Gasteiger partial charge in [0.2, 0.25) is 5.91 Å².